The Kier molecular flexibility index (Phi) is 6.32. The van der Waals surface area contributed by atoms with Gasteiger partial charge in [0.25, 0.3) is 0 Å². The highest BCUT2D eigenvalue weighted by Crippen LogP contribution is 2.32. The van der Waals surface area contributed by atoms with Gasteiger partial charge in [-0.2, -0.15) is 0 Å². The van der Waals surface area contributed by atoms with Gasteiger partial charge in [0.15, 0.2) is 17.5 Å². The molecule has 2 aromatic rings. The number of halogens is 2. The SMILES string of the molecule is Clc1cccc(Cl)c1N=C1NCCN1.O=C(O)c1ccc(O)c(O)c1. The molecular weight excluding hydrogens is 369 g/mol. The van der Waals surface area contributed by atoms with Crippen molar-refractivity contribution >= 4 is 40.8 Å². The summed E-state index contributed by atoms with van der Waals surface area (Å²) in [6, 6.07) is 8.64. The van der Waals surface area contributed by atoms with Gasteiger partial charge in [-0.3, -0.25) is 0 Å². The van der Waals surface area contributed by atoms with Crippen molar-refractivity contribution in [2.75, 3.05) is 13.1 Å². The van der Waals surface area contributed by atoms with Crippen molar-refractivity contribution < 1.29 is 20.1 Å². The van der Waals surface area contributed by atoms with Gasteiger partial charge in [-0.25, -0.2) is 9.79 Å². The highest BCUT2D eigenvalue weighted by molar-refractivity contribution is 6.38. The quantitative estimate of drug-likeness (QED) is 0.509. The molecule has 1 aliphatic heterocycles. The molecule has 0 amide bonds. The van der Waals surface area contributed by atoms with E-state index in [9.17, 15) is 4.79 Å². The van der Waals surface area contributed by atoms with E-state index in [1.54, 1.807) is 18.2 Å². The lowest BCUT2D eigenvalue weighted by Gasteiger charge is -2.02. The van der Waals surface area contributed by atoms with Gasteiger partial charge < -0.3 is 26.0 Å². The number of carbonyl (C=O) groups is 1. The maximum absolute atomic E-state index is 10.3. The van der Waals surface area contributed by atoms with Crippen LogP contribution >= 0.6 is 23.2 Å². The molecule has 1 saturated heterocycles. The minimum Gasteiger partial charge on any atom is -0.504 e. The van der Waals surface area contributed by atoms with Crippen molar-refractivity contribution in [2.45, 2.75) is 0 Å². The molecule has 5 N–H and O–H groups in total. The summed E-state index contributed by atoms with van der Waals surface area (Å²) in [6.45, 7) is 1.75. The van der Waals surface area contributed by atoms with Crippen LogP contribution in [0.25, 0.3) is 0 Å². The number of para-hydroxylation sites is 1. The summed E-state index contributed by atoms with van der Waals surface area (Å²) in [5.74, 6) is -1.17. The van der Waals surface area contributed by atoms with Crippen LogP contribution in [-0.2, 0) is 0 Å². The summed E-state index contributed by atoms with van der Waals surface area (Å²) in [5, 5.41) is 33.3. The molecule has 1 aliphatic rings. The van der Waals surface area contributed by atoms with E-state index in [0.717, 1.165) is 31.2 Å². The highest BCUT2D eigenvalue weighted by atomic mass is 35.5. The summed E-state index contributed by atoms with van der Waals surface area (Å²) in [4.78, 5) is 14.6. The average molecular weight is 384 g/mol. The number of aromatic hydroxyl groups is 2. The number of aromatic carboxylic acids is 1. The van der Waals surface area contributed by atoms with Crippen molar-refractivity contribution in [3.05, 3.63) is 52.0 Å². The van der Waals surface area contributed by atoms with E-state index in [4.69, 9.17) is 38.5 Å². The number of hydrogen-bond acceptors (Lipinski definition) is 4. The number of nitrogens with zero attached hydrogens (tertiary/aromatic N) is 1. The van der Waals surface area contributed by atoms with Crippen LogP contribution in [0.3, 0.4) is 0 Å². The summed E-state index contributed by atoms with van der Waals surface area (Å²) < 4.78 is 0. The molecule has 25 heavy (non-hydrogen) atoms. The Labute approximate surface area is 153 Å². The molecule has 7 nitrogen and oxygen atoms in total. The first-order chi connectivity index (χ1) is 11.9. The first-order valence-corrected chi connectivity index (χ1v) is 7.90. The maximum atomic E-state index is 10.3. The van der Waals surface area contributed by atoms with Crippen LogP contribution in [-0.4, -0.2) is 40.3 Å². The molecule has 132 valence electrons. The normalized spacial score (nSPS) is 12.5. The Bertz CT molecular complexity index is 784. The number of nitrogens with one attached hydrogen (secondary N) is 2. The zero-order valence-electron chi connectivity index (χ0n) is 12.8. The Balaban J connectivity index is 0.000000186. The maximum Gasteiger partial charge on any atom is 0.335 e. The fraction of sp³-hybridized carbons (Fsp3) is 0.125. The number of carboxylic acids is 1. The molecule has 0 atom stereocenters. The number of carboxylic acid groups (broad SMARTS) is 1. The van der Waals surface area contributed by atoms with Crippen LogP contribution in [0.5, 0.6) is 11.5 Å². The van der Waals surface area contributed by atoms with Crippen molar-refractivity contribution in [1.29, 1.82) is 0 Å². The zero-order chi connectivity index (χ0) is 18.4. The zero-order valence-corrected chi connectivity index (χ0v) is 14.3. The fourth-order valence-corrected chi connectivity index (χ4v) is 2.35. The molecule has 1 heterocycles. The fourth-order valence-electron chi connectivity index (χ4n) is 1.87. The third kappa shape index (κ3) is 5.17. The second-order valence-corrected chi connectivity index (χ2v) is 5.71. The van der Waals surface area contributed by atoms with E-state index < -0.39 is 11.7 Å². The third-order valence-electron chi connectivity index (χ3n) is 3.09. The van der Waals surface area contributed by atoms with Gasteiger partial charge in [-0.1, -0.05) is 29.3 Å². The van der Waals surface area contributed by atoms with E-state index in [1.165, 1.54) is 6.07 Å². The van der Waals surface area contributed by atoms with E-state index >= 15 is 0 Å². The van der Waals surface area contributed by atoms with Crippen LogP contribution < -0.4 is 10.6 Å². The van der Waals surface area contributed by atoms with Crippen LogP contribution in [0.15, 0.2) is 41.4 Å². The Morgan fingerprint density at radius 1 is 1.00 bits per heavy atom. The molecule has 0 aliphatic carbocycles. The molecular formula is C16H15Cl2N3O4. The molecule has 0 bridgehead atoms. The van der Waals surface area contributed by atoms with Crippen LogP contribution in [0.4, 0.5) is 5.69 Å². The van der Waals surface area contributed by atoms with Gasteiger partial charge in [-0.05, 0) is 30.3 Å². The Hall–Kier alpha value is -2.64. The summed E-state index contributed by atoms with van der Waals surface area (Å²) in [6.07, 6.45) is 0. The lowest BCUT2D eigenvalue weighted by atomic mass is 10.2. The topological polar surface area (TPSA) is 114 Å². The van der Waals surface area contributed by atoms with E-state index in [2.05, 4.69) is 15.6 Å². The summed E-state index contributed by atoms with van der Waals surface area (Å²) in [7, 11) is 0. The third-order valence-corrected chi connectivity index (χ3v) is 3.70. The van der Waals surface area contributed by atoms with E-state index in [0.29, 0.717) is 15.7 Å². The van der Waals surface area contributed by atoms with Gasteiger partial charge in [0.2, 0.25) is 0 Å². The van der Waals surface area contributed by atoms with Crippen molar-refractivity contribution in [3.63, 3.8) is 0 Å². The number of hydrogen-bond donors (Lipinski definition) is 5. The summed E-state index contributed by atoms with van der Waals surface area (Å²) in [5.41, 5.74) is 0.549. The second kappa shape index (κ2) is 8.46. The van der Waals surface area contributed by atoms with Gasteiger partial charge in [0, 0.05) is 13.1 Å². The van der Waals surface area contributed by atoms with Gasteiger partial charge in [-0.15, -0.1) is 0 Å². The van der Waals surface area contributed by atoms with Crippen LogP contribution in [0.2, 0.25) is 10.0 Å². The molecule has 0 aromatic heterocycles. The smallest absolute Gasteiger partial charge is 0.335 e. The number of phenols is 2. The molecule has 9 heteroatoms. The summed E-state index contributed by atoms with van der Waals surface area (Å²) >= 11 is 11.9. The average Bonchev–Trinajstić information content (AvgIpc) is 3.07. The number of rotatable bonds is 2. The Morgan fingerprint density at radius 3 is 2.12 bits per heavy atom. The number of phenolic OH excluding ortho intramolecular Hbond substituents is 2. The van der Waals surface area contributed by atoms with E-state index in [1.807, 2.05) is 0 Å². The molecule has 0 saturated carbocycles. The molecule has 0 unspecified atom stereocenters. The van der Waals surface area contributed by atoms with Gasteiger partial charge in [0.1, 0.15) is 5.69 Å². The number of aliphatic imine (C=N–C) groups is 1. The first kappa shape index (κ1) is 18.7. The molecule has 2 aromatic carbocycles. The van der Waals surface area contributed by atoms with Crippen LogP contribution in [0, 0.1) is 0 Å². The largest absolute Gasteiger partial charge is 0.504 e. The predicted molar refractivity (Wildman–Crippen MR) is 96.3 cm³/mol. The molecule has 3 rings (SSSR count). The van der Waals surface area contributed by atoms with E-state index in [-0.39, 0.29) is 11.3 Å². The van der Waals surface area contributed by atoms with Crippen LogP contribution in [0.1, 0.15) is 10.4 Å². The Morgan fingerprint density at radius 2 is 1.60 bits per heavy atom. The minimum atomic E-state index is -1.14. The second-order valence-electron chi connectivity index (χ2n) is 4.89. The molecule has 0 radical (unpaired) electrons. The first-order valence-electron chi connectivity index (χ1n) is 7.14. The van der Waals surface area contributed by atoms with Crippen molar-refractivity contribution in [3.8, 4) is 11.5 Å². The molecule has 1 fully saturated rings. The standard InChI is InChI=1S/C9H9Cl2N3.C7H6O4/c10-6-2-1-3-7(11)8(6)14-9-12-4-5-13-9;8-5-2-1-4(7(10)11)3-6(5)9/h1-3H,4-5H2,(H2,12,13,14);1-3,8-9H,(H,10,11). The van der Waals surface area contributed by atoms with Gasteiger partial charge in [0.05, 0.1) is 15.6 Å². The van der Waals surface area contributed by atoms with Crippen molar-refractivity contribution in [1.82, 2.24) is 10.6 Å². The molecule has 0 spiro atoms. The van der Waals surface area contributed by atoms with Gasteiger partial charge >= 0.3 is 5.97 Å². The predicted octanol–water partition coefficient (Wildman–Crippen LogP) is 2.97. The van der Waals surface area contributed by atoms with Crippen molar-refractivity contribution in [2.24, 2.45) is 4.99 Å². The minimum absolute atomic E-state index is 0.0553. The lowest BCUT2D eigenvalue weighted by molar-refractivity contribution is 0.0696. The number of benzene rings is 2. The highest BCUT2D eigenvalue weighted by Gasteiger charge is 2.09. The monoisotopic (exact) mass is 383 g/mol. The lowest BCUT2D eigenvalue weighted by Crippen LogP contribution is -2.23. The number of guanidine groups is 1.